The summed E-state index contributed by atoms with van der Waals surface area (Å²) in [4.78, 5) is 13.2. The largest absolute Gasteiger partial charge is 0.369 e. The number of hydrogen-bond acceptors (Lipinski definition) is 2. The molecule has 0 bridgehead atoms. The fraction of sp³-hybridized carbons (Fsp3) is 0.188. The fourth-order valence-electron chi connectivity index (χ4n) is 2.03. The molecular formula is C16H15ClFNO. The van der Waals surface area contributed by atoms with Gasteiger partial charge in [-0.15, -0.1) is 0 Å². The molecule has 0 saturated carbocycles. The van der Waals surface area contributed by atoms with Gasteiger partial charge >= 0.3 is 0 Å². The lowest BCUT2D eigenvalue weighted by Crippen LogP contribution is -2.17. The monoisotopic (exact) mass is 291 g/mol. The summed E-state index contributed by atoms with van der Waals surface area (Å²) in [6.07, 6.45) is 0. The molecule has 0 heterocycles. The maximum absolute atomic E-state index is 13.2. The number of ketones is 1. The summed E-state index contributed by atoms with van der Waals surface area (Å²) in [5.41, 5.74) is 2.25. The van der Waals surface area contributed by atoms with E-state index >= 15 is 0 Å². The van der Waals surface area contributed by atoms with Gasteiger partial charge in [0, 0.05) is 19.2 Å². The van der Waals surface area contributed by atoms with Crippen LogP contribution in [0.4, 0.5) is 10.1 Å². The third-order valence-corrected chi connectivity index (χ3v) is 3.38. The first-order chi connectivity index (χ1) is 9.47. The van der Waals surface area contributed by atoms with Crippen LogP contribution in [0.25, 0.3) is 0 Å². The summed E-state index contributed by atoms with van der Waals surface area (Å²) in [6.45, 7) is 2.04. The van der Waals surface area contributed by atoms with E-state index < -0.39 is 0 Å². The Morgan fingerprint density at radius 3 is 2.60 bits per heavy atom. The standard InChI is InChI=1S/C16H15ClFNO/c1-11(20)13-6-7-16(15(17)9-13)19(2)10-12-4-3-5-14(18)8-12/h3-9H,10H2,1-2H3. The van der Waals surface area contributed by atoms with Gasteiger partial charge in [-0.25, -0.2) is 4.39 Å². The molecule has 2 aromatic rings. The molecule has 0 saturated heterocycles. The highest BCUT2D eigenvalue weighted by molar-refractivity contribution is 6.33. The Kier molecular flexibility index (Phi) is 4.40. The SMILES string of the molecule is CC(=O)c1ccc(N(C)Cc2cccc(F)c2)c(Cl)c1. The van der Waals surface area contributed by atoms with Crippen LogP contribution in [0.15, 0.2) is 42.5 Å². The Morgan fingerprint density at radius 2 is 2.00 bits per heavy atom. The van der Waals surface area contributed by atoms with Crippen molar-refractivity contribution in [3.8, 4) is 0 Å². The van der Waals surface area contributed by atoms with Crippen molar-refractivity contribution in [2.24, 2.45) is 0 Å². The lowest BCUT2D eigenvalue weighted by Gasteiger charge is -2.21. The second-order valence-corrected chi connectivity index (χ2v) is 5.12. The number of rotatable bonds is 4. The number of Topliss-reactive ketones (excluding diaryl/α,β-unsaturated/α-hetero) is 1. The minimum Gasteiger partial charge on any atom is -0.369 e. The summed E-state index contributed by atoms with van der Waals surface area (Å²) < 4.78 is 13.2. The smallest absolute Gasteiger partial charge is 0.159 e. The molecule has 0 aliphatic heterocycles. The first-order valence-electron chi connectivity index (χ1n) is 6.23. The van der Waals surface area contributed by atoms with E-state index in [1.54, 1.807) is 24.3 Å². The number of hydrogen-bond donors (Lipinski definition) is 0. The molecule has 2 rings (SSSR count). The molecule has 0 fully saturated rings. The van der Waals surface area contributed by atoms with Gasteiger partial charge in [0.25, 0.3) is 0 Å². The Bertz CT molecular complexity index is 642. The number of nitrogens with zero attached hydrogens (tertiary/aromatic N) is 1. The van der Waals surface area contributed by atoms with Gasteiger partial charge in [0.2, 0.25) is 0 Å². The van der Waals surface area contributed by atoms with Crippen LogP contribution in [0.2, 0.25) is 5.02 Å². The molecule has 104 valence electrons. The zero-order valence-electron chi connectivity index (χ0n) is 11.4. The van der Waals surface area contributed by atoms with Gasteiger partial charge in [0.05, 0.1) is 10.7 Å². The maximum atomic E-state index is 13.2. The van der Waals surface area contributed by atoms with Crippen molar-refractivity contribution in [2.75, 3.05) is 11.9 Å². The summed E-state index contributed by atoms with van der Waals surface area (Å²) in [7, 11) is 1.87. The lowest BCUT2D eigenvalue weighted by atomic mass is 10.1. The van der Waals surface area contributed by atoms with Gasteiger partial charge in [-0.2, -0.15) is 0 Å². The zero-order chi connectivity index (χ0) is 14.7. The third-order valence-electron chi connectivity index (χ3n) is 3.07. The van der Waals surface area contributed by atoms with E-state index in [0.29, 0.717) is 17.1 Å². The Labute approximate surface area is 122 Å². The number of benzene rings is 2. The minimum absolute atomic E-state index is 0.0220. The lowest BCUT2D eigenvalue weighted by molar-refractivity contribution is 0.101. The molecule has 0 unspecified atom stereocenters. The Morgan fingerprint density at radius 1 is 1.25 bits per heavy atom. The van der Waals surface area contributed by atoms with Gasteiger partial charge in [-0.1, -0.05) is 23.7 Å². The average molecular weight is 292 g/mol. The molecule has 0 radical (unpaired) electrons. The maximum Gasteiger partial charge on any atom is 0.159 e. The van der Waals surface area contributed by atoms with Crippen LogP contribution in [0.3, 0.4) is 0 Å². The van der Waals surface area contributed by atoms with Crippen LogP contribution in [-0.4, -0.2) is 12.8 Å². The summed E-state index contributed by atoms with van der Waals surface area (Å²) >= 11 is 6.20. The molecule has 0 atom stereocenters. The van der Waals surface area contributed by atoms with E-state index in [1.165, 1.54) is 19.1 Å². The second kappa shape index (κ2) is 6.06. The molecule has 0 amide bonds. The van der Waals surface area contributed by atoms with Gasteiger partial charge in [0.1, 0.15) is 5.82 Å². The molecule has 0 spiro atoms. The average Bonchev–Trinajstić information content (AvgIpc) is 2.38. The van der Waals surface area contributed by atoms with Crippen LogP contribution in [-0.2, 0) is 6.54 Å². The molecule has 0 N–H and O–H groups in total. The van der Waals surface area contributed by atoms with Crippen LogP contribution in [0, 0.1) is 5.82 Å². The normalized spacial score (nSPS) is 10.4. The molecule has 0 aliphatic rings. The van der Waals surface area contributed by atoms with Gasteiger partial charge < -0.3 is 4.90 Å². The summed E-state index contributed by atoms with van der Waals surface area (Å²) in [5.74, 6) is -0.278. The summed E-state index contributed by atoms with van der Waals surface area (Å²) in [5, 5.41) is 0.511. The minimum atomic E-state index is -0.256. The third kappa shape index (κ3) is 3.36. The summed E-state index contributed by atoms with van der Waals surface area (Å²) in [6, 6.07) is 11.6. The highest BCUT2D eigenvalue weighted by Crippen LogP contribution is 2.27. The Balaban J connectivity index is 2.21. The van der Waals surface area contributed by atoms with Crippen molar-refractivity contribution in [1.82, 2.24) is 0 Å². The molecular weight excluding hydrogens is 277 g/mol. The van der Waals surface area contributed by atoms with Crippen molar-refractivity contribution in [3.05, 3.63) is 64.4 Å². The van der Waals surface area contributed by atoms with E-state index in [1.807, 2.05) is 18.0 Å². The van der Waals surface area contributed by atoms with E-state index in [9.17, 15) is 9.18 Å². The quantitative estimate of drug-likeness (QED) is 0.782. The predicted octanol–water partition coefficient (Wildman–Crippen LogP) is 4.32. The molecule has 20 heavy (non-hydrogen) atoms. The highest BCUT2D eigenvalue weighted by atomic mass is 35.5. The van der Waals surface area contributed by atoms with Crippen LogP contribution >= 0.6 is 11.6 Å². The Hall–Kier alpha value is -1.87. The number of anilines is 1. The van der Waals surface area contributed by atoms with E-state index in [2.05, 4.69) is 0 Å². The first kappa shape index (κ1) is 14.5. The van der Waals surface area contributed by atoms with Gasteiger partial charge in [-0.05, 0) is 42.8 Å². The van der Waals surface area contributed by atoms with Crippen LogP contribution < -0.4 is 4.90 Å². The number of halogens is 2. The second-order valence-electron chi connectivity index (χ2n) is 4.71. The molecule has 0 aromatic heterocycles. The zero-order valence-corrected chi connectivity index (χ0v) is 12.1. The van der Waals surface area contributed by atoms with E-state index in [0.717, 1.165) is 11.3 Å². The van der Waals surface area contributed by atoms with Crippen molar-refractivity contribution in [2.45, 2.75) is 13.5 Å². The molecule has 2 aromatic carbocycles. The van der Waals surface area contributed by atoms with Gasteiger partial charge in [0.15, 0.2) is 5.78 Å². The van der Waals surface area contributed by atoms with Crippen LogP contribution in [0.5, 0.6) is 0 Å². The van der Waals surface area contributed by atoms with Crippen molar-refractivity contribution in [1.29, 1.82) is 0 Å². The topological polar surface area (TPSA) is 20.3 Å². The van der Waals surface area contributed by atoms with Crippen LogP contribution in [0.1, 0.15) is 22.8 Å². The van der Waals surface area contributed by atoms with Crippen molar-refractivity contribution < 1.29 is 9.18 Å². The number of carbonyl (C=O) groups is 1. The first-order valence-corrected chi connectivity index (χ1v) is 6.61. The van der Waals surface area contributed by atoms with E-state index in [-0.39, 0.29) is 11.6 Å². The fourth-order valence-corrected chi connectivity index (χ4v) is 2.35. The molecule has 2 nitrogen and oxygen atoms in total. The molecule has 4 heteroatoms. The van der Waals surface area contributed by atoms with Crippen molar-refractivity contribution in [3.63, 3.8) is 0 Å². The number of carbonyl (C=O) groups excluding carboxylic acids is 1. The van der Waals surface area contributed by atoms with Gasteiger partial charge in [-0.3, -0.25) is 4.79 Å². The van der Waals surface area contributed by atoms with Crippen molar-refractivity contribution >= 4 is 23.1 Å². The van der Waals surface area contributed by atoms with E-state index in [4.69, 9.17) is 11.6 Å². The predicted molar refractivity (Wildman–Crippen MR) is 80.0 cm³/mol. The highest BCUT2D eigenvalue weighted by Gasteiger charge is 2.09. The molecule has 0 aliphatic carbocycles.